The number of amides is 1. The minimum atomic E-state index is -0.0612. The Hall–Kier alpha value is -1.08. The van der Waals surface area contributed by atoms with Crippen LogP contribution in [-0.2, 0) is 4.79 Å². The zero-order valence-electron chi connectivity index (χ0n) is 10.1. The van der Waals surface area contributed by atoms with Crippen molar-refractivity contribution in [1.82, 2.24) is 10.6 Å². The van der Waals surface area contributed by atoms with E-state index >= 15 is 0 Å². The summed E-state index contributed by atoms with van der Waals surface area (Å²) in [5, 5.41) is 14.4. The Labute approximate surface area is 92.0 Å². The SMILES string of the molecule is CCC(CC#N)NC(=O)CNC(C)(C)C. The molecule has 0 aliphatic rings. The monoisotopic (exact) mass is 211 g/mol. The van der Waals surface area contributed by atoms with Crippen molar-refractivity contribution in [3.05, 3.63) is 0 Å². The highest BCUT2D eigenvalue weighted by atomic mass is 16.1. The zero-order valence-corrected chi connectivity index (χ0v) is 10.1. The Balaban J connectivity index is 3.87. The Kier molecular flexibility index (Phi) is 5.95. The van der Waals surface area contributed by atoms with E-state index < -0.39 is 0 Å². The molecule has 0 heterocycles. The van der Waals surface area contributed by atoms with Crippen LogP contribution in [0.3, 0.4) is 0 Å². The summed E-state index contributed by atoms with van der Waals surface area (Å²) in [5.41, 5.74) is -0.0612. The molecule has 0 aromatic carbocycles. The summed E-state index contributed by atoms with van der Waals surface area (Å²) in [6.07, 6.45) is 1.16. The molecule has 1 unspecified atom stereocenters. The standard InChI is InChI=1S/C11H21N3O/c1-5-9(6-7-12)14-10(15)8-13-11(2,3)4/h9,13H,5-6,8H2,1-4H3,(H,14,15). The number of hydrogen-bond donors (Lipinski definition) is 2. The summed E-state index contributed by atoms with van der Waals surface area (Å²) in [5.74, 6) is -0.0491. The van der Waals surface area contributed by atoms with E-state index in [9.17, 15) is 4.79 Å². The molecule has 15 heavy (non-hydrogen) atoms. The van der Waals surface area contributed by atoms with E-state index in [1.165, 1.54) is 0 Å². The molecule has 86 valence electrons. The molecule has 0 aromatic heterocycles. The van der Waals surface area contributed by atoms with Crippen molar-refractivity contribution < 1.29 is 4.79 Å². The second-order valence-corrected chi connectivity index (χ2v) is 4.64. The average Bonchev–Trinajstić information content (AvgIpc) is 2.13. The van der Waals surface area contributed by atoms with Gasteiger partial charge in [0.15, 0.2) is 0 Å². The van der Waals surface area contributed by atoms with Gasteiger partial charge in [-0.15, -0.1) is 0 Å². The minimum absolute atomic E-state index is 0.0238. The third-order valence-electron chi connectivity index (χ3n) is 1.97. The van der Waals surface area contributed by atoms with E-state index in [0.29, 0.717) is 13.0 Å². The van der Waals surface area contributed by atoms with Crippen molar-refractivity contribution in [3.8, 4) is 6.07 Å². The molecular formula is C11H21N3O. The van der Waals surface area contributed by atoms with E-state index in [1.54, 1.807) is 0 Å². The maximum absolute atomic E-state index is 11.5. The van der Waals surface area contributed by atoms with Gasteiger partial charge in [-0.05, 0) is 27.2 Å². The van der Waals surface area contributed by atoms with Gasteiger partial charge in [0.2, 0.25) is 5.91 Å². The number of carbonyl (C=O) groups excluding carboxylic acids is 1. The molecule has 4 nitrogen and oxygen atoms in total. The first kappa shape index (κ1) is 13.9. The van der Waals surface area contributed by atoms with E-state index in [2.05, 4.69) is 16.7 Å². The third kappa shape index (κ3) is 7.95. The fourth-order valence-corrected chi connectivity index (χ4v) is 1.03. The van der Waals surface area contributed by atoms with Gasteiger partial charge in [0.1, 0.15) is 0 Å². The number of nitriles is 1. The normalized spacial score (nSPS) is 13.0. The predicted molar refractivity (Wildman–Crippen MR) is 60.2 cm³/mol. The lowest BCUT2D eigenvalue weighted by molar-refractivity contribution is -0.121. The van der Waals surface area contributed by atoms with E-state index in [-0.39, 0.29) is 17.5 Å². The molecule has 0 fully saturated rings. The van der Waals surface area contributed by atoms with Crippen LogP contribution in [0.25, 0.3) is 0 Å². The fourth-order valence-electron chi connectivity index (χ4n) is 1.03. The quantitative estimate of drug-likeness (QED) is 0.717. The van der Waals surface area contributed by atoms with Gasteiger partial charge in [-0.25, -0.2) is 0 Å². The number of hydrogen-bond acceptors (Lipinski definition) is 3. The Morgan fingerprint density at radius 1 is 1.47 bits per heavy atom. The molecule has 0 aromatic rings. The van der Waals surface area contributed by atoms with E-state index in [4.69, 9.17) is 5.26 Å². The van der Waals surface area contributed by atoms with Gasteiger partial charge >= 0.3 is 0 Å². The Bertz CT molecular complexity index is 237. The van der Waals surface area contributed by atoms with Crippen molar-refractivity contribution in [2.24, 2.45) is 0 Å². The molecular weight excluding hydrogens is 190 g/mol. The summed E-state index contributed by atoms with van der Waals surface area (Å²) in [7, 11) is 0. The lowest BCUT2D eigenvalue weighted by Gasteiger charge is -2.21. The average molecular weight is 211 g/mol. The van der Waals surface area contributed by atoms with Crippen LogP contribution in [0.2, 0.25) is 0 Å². The lowest BCUT2D eigenvalue weighted by atomic mass is 10.1. The third-order valence-corrected chi connectivity index (χ3v) is 1.97. The largest absolute Gasteiger partial charge is 0.351 e. The van der Waals surface area contributed by atoms with Crippen molar-refractivity contribution in [2.45, 2.75) is 52.1 Å². The molecule has 0 rings (SSSR count). The zero-order chi connectivity index (χ0) is 11.9. The van der Waals surface area contributed by atoms with Crippen molar-refractivity contribution in [2.75, 3.05) is 6.54 Å². The minimum Gasteiger partial charge on any atom is -0.351 e. The van der Waals surface area contributed by atoms with Crippen LogP contribution in [0.4, 0.5) is 0 Å². The number of nitrogens with zero attached hydrogens (tertiary/aromatic N) is 1. The summed E-state index contributed by atoms with van der Waals surface area (Å²) in [6, 6.07) is 2.04. The predicted octanol–water partition coefficient (Wildman–Crippen LogP) is 1.18. The second kappa shape index (κ2) is 6.41. The van der Waals surface area contributed by atoms with Crippen LogP contribution in [0.5, 0.6) is 0 Å². The number of carbonyl (C=O) groups is 1. The van der Waals surface area contributed by atoms with Crippen LogP contribution < -0.4 is 10.6 Å². The lowest BCUT2D eigenvalue weighted by Crippen LogP contribution is -2.45. The smallest absolute Gasteiger partial charge is 0.234 e. The molecule has 0 aliphatic carbocycles. The fraction of sp³-hybridized carbons (Fsp3) is 0.818. The van der Waals surface area contributed by atoms with Gasteiger partial charge in [0.05, 0.1) is 19.0 Å². The summed E-state index contributed by atoms with van der Waals surface area (Å²) in [6.45, 7) is 8.28. The van der Waals surface area contributed by atoms with E-state index in [0.717, 1.165) is 6.42 Å². The van der Waals surface area contributed by atoms with Gasteiger partial charge in [-0.2, -0.15) is 5.26 Å². The Morgan fingerprint density at radius 3 is 2.47 bits per heavy atom. The molecule has 1 atom stereocenters. The highest BCUT2D eigenvalue weighted by Gasteiger charge is 2.13. The van der Waals surface area contributed by atoms with Crippen LogP contribution in [0.15, 0.2) is 0 Å². The highest BCUT2D eigenvalue weighted by molar-refractivity contribution is 5.78. The van der Waals surface area contributed by atoms with Gasteiger partial charge in [0, 0.05) is 11.6 Å². The number of nitrogens with one attached hydrogen (secondary N) is 2. The van der Waals surface area contributed by atoms with Crippen LogP contribution in [0.1, 0.15) is 40.5 Å². The molecule has 1 amide bonds. The summed E-state index contributed by atoms with van der Waals surface area (Å²) < 4.78 is 0. The maximum Gasteiger partial charge on any atom is 0.234 e. The van der Waals surface area contributed by atoms with Gasteiger partial charge in [-0.3, -0.25) is 4.79 Å². The van der Waals surface area contributed by atoms with Crippen molar-refractivity contribution in [3.63, 3.8) is 0 Å². The molecule has 4 heteroatoms. The summed E-state index contributed by atoms with van der Waals surface area (Å²) >= 11 is 0. The first-order chi connectivity index (χ1) is 6.89. The topological polar surface area (TPSA) is 64.9 Å². The van der Waals surface area contributed by atoms with Crippen molar-refractivity contribution in [1.29, 1.82) is 5.26 Å². The Morgan fingerprint density at radius 2 is 2.07 bits per heavy atom. The molecule has 0 saturated carbocycles. The number of rotatable bonds is 5. The molecule has 2 N–H and O–H groups in total. The summed E-state index contributed by atoms with van der Waals surface area (Å²) in [4.78, 5) is 11.5. The van der Waals surface area contributed by atoms with Gasteiger partial charge in [0.25, 0.3) is 0 Å². The van der Waals surface area contributed by atoms with Gasteiger partial charge in [-0.1, -0.05) is 6.92 Å². The maximum atomic E-state index is 11.5. The first-order valence-electron chi connectivity index (χ1n) is 5.30. The van der Waals surface area contributed by atoms with Gasteiger partial charge < -0.3 is 10.6 Å². The molecule has 0 saturated heterocycles. The molecule has 0 bridgehead atoms. The first-order valence-corrected chi connectivity index (χ1v) is 5.30. The highest BCUT2D eigenvalue weighted by Crippen LogP contribution is 1.98. The van der Waals surface area contributed by atoms with Crippen LogP contribution in [-0.4, -0.2) is 24.0 Å². The van der Waals surface area contributed by atoms with E-state index in [1.807, 2.05) is 27.7 Å². The molecule has 0 spiro atoms. The second-order valence-electron chi connectivity index (χ2n) is 4.64. The van der Waals surface area contributed by atoms with Crippen LogP contribution in [0, 0.1) is 11.3 Å². The molecule has 0 radical (unpaired) electrons. The molecule has 0 aliphatic heterocycles. The van der Waals surface area contributed by atoms with Crippen LogP contribution >= 0.6 is 0 Å². The van der Waals surface area contributed by atoms with Crippen molar-refractivity contribution >= 4 is 5.91 Å².